The first-order chi connectivity index (χ1) is 10.3. The van der Waals surface area contributed by atoms with Gasteiger partial charge in [-0.1, -0.05) is 84.0 Å². The number of carbonyl (C=O) groups excluding carboxylic acids is 1. The van der Waals surface area contributed by atoms with Gasteiger partial charge in [0.15, 0.2) is 0 Å². The SMILES string of the molecule is CCCCCCCCCCCCCCC(CO)C(=O)OC. The number of esters is 1. The van der Waals surface area contributed by atoms with E-state index in [4.69, 9.17) is 5.11 Å². The molecule has 0 fully saturated rings. The maximum Gasteiger partial charge on any atom is 0.310 e. The molecule has 126 valence electrons. The Kier molecular flexibility index (Phi) is 15.4. The number of unbranched alkanes of at least 4 members (excludes halogenated alkanes) is 11. The molecule has 0 aromatic carbocycles. The summed E-state index contributed by atoms with van der Waals surface area (Å²) in [5.74, 6) is -0.598. The van der Waals surface area contributed by atoms with Crippen molar-refractivity contribution >= 4 is 5.97 Å². The second-order valence-corrected chi connectivity index (χ2v) is 6.08. The maximum atomic E-state index is 11.3. The highest BCUT2D eigenvalue weighted by atomic mass is 16.5. The van der Waals surface area contributed by atoms with Crippen molar-refractivity contribution in [1.82, 2.24) is 0 Å². The molecule has 0 aliphatic rings. The van der Waals surface area contributed by atoms with Gasteiger partial charge in [-0.25, -0.2) is 0 Å². The number of aliphatic hydroxyl groups is 1. The van der Waals surface area contributed by atoms with Crippen LogP contribution in [-0.2, 0) is 9.53 Å². The van der Waals surface area contributed by atoms with Crippen LogP contribution in [0.3, 0.4) is 0 Å². The summed E-state index contributed by atoms with van der Waals surface area (Å²) < 4.78 is 4.66. The van der Waals surface area contributed by atoms with Gasteiger partial charge in [-0.05, 0) is 6.42 Å². The highest BCUT2D eigenvalue weighted by molar-refractivity contribution is 5.72. The second kappa shape index (κ2) is 15.8. The Morgan fingerprint density at radius 3 is 1.67 bits per heavy atom. The van der Waals surface area contributed by atoms with E-state index < -0.39 is 0 Å². The molecule has 0 heterocycles. The Bertz CT molecular complexity index is 229. The quantitative estimate of drug-likeness (QED) is 0.347. The minimum Gasteiger partial charge on any atom is -0.469 e. The molecule has 0 bridgehead atoms. The second-order valence-electron chi connectivity index (χ2n) is 6.08. The first-order valence-corrected chi connectivity index (χ1v) is 8.95. The molecule has 3 nitrogen and oxygen atoms in total. The number of methoxy groups -OCH3 is 1. The lowest BCUT2D eigenvalue weighted by Gasteiger charge is -2.11. The lowest BCUT2D eigenvalue weighted by atomic mass is 10.0. The molecule has 0 amide bonds. The van der Waals surface area contributed by atoms with Crippen molar-refractivity contribution in [2.45, 2.75) is 90.4 Å². The summed E-state index contributed by atoms with van der Waals surface area (Å²) >= 11 is 0. The zero-order valence-corrected chi connectivity index (χ0v) is 14.2. The lowest BCUT2D eigenvalue weighted by Crippen LogP contribution is -2.19. The van der Waals surface area contributed by atoms with Crippen molar-refractivity contribution in [1.29, 1.82) is 0 Å². The molecule has 1 N–H and O–H groups in total. The normalized spacial score (nSPS) is 12.3. The van der Waals surface area contributed by atoms with Crippen LogP contribution in [0, 0.1) is 5.92 Å². The molecule has 0 aromatic heterocycles. The van der Waals surface area contributed by atoms with Gasteiger partial charge in [-0.2, -0.15) is 0 Å². The maximum absolute atomic E-state index is 11.3. The van der Waals surface area contributed by atoms with Crippen molar-refractivity contribution in [2.24, 2.45) is 5.92 Å². The van der Waals surface area contributed by atoms with E-state index in [9.17, 15) is 4.79 Å². The van der Waals surface area contributed by atoms with Crippen LogP contribution in [0.15, 0.2) is 0 Å². The van der Waals surface area contributed by atoms with Crippen LogP contribution in [0.2, 0.25) is 0 Å². The van der Waals surface area contributed by atoms with E-state index in [1.54, 1.807) is 0 Å². The number of carbonyl (C=O) groups is 1. The molecule has 0 saturated carbocycles. The van der Waals surface area contributed by atoms with E-state index in [0.717, 1.165) is 19.3 Å². The summed E-state index contributed by atoms with van der Waals surface area (Å²) in [6, 6.07) is 0. The fourth-order valence-electron chi connectivity index (χ4n) is 2.68. The molecule has 1 atom stereocenters. The summed E-state index contributed by atoms with van der Waals surface area (Å²) in [4.78, 5) is 11.3. The Balaban J connectivity index is 3.23. The van der Waals surface area contributed by atoms with Gasteiger partial charge in [0.05, 0.1) is 19.6 Å². The van der Waals surface area contributed by atoms with Gasteiger partial charge in [0.2, 0.25) is 0 Å². The van der Waals surface area contributed by atoms with Gasteiger partial charge in [0.25, 0.3) is 0 Å². The first kappa shape index (κ1) is 20.4. The predicted molar refractivity (Wildman–Crippen MR) is 88.3 cm³/mol. The fourth-order valence-corrected chi connectivity index (χ4v) is 2.68. The number of ether oxygens (including phenoxy) is 1. The van der Waals surface area contributed by atoms with Gasteiger partial charge in [0.1, 0.15) is 0 Å². The first-order valence-electron chi connectivity index (χ1n) is 8.95. The number of hydrogen-bond donors (Lipinski definition) is 1. The smallest absolute Gasteiger partial charge is 0.310 e. The average Bonchev–Trinajstić information content (AvgIpc) is 2.51. The van der Waals surface area contributed by atoms with Crippen LogP contribution in [0.1, 0.15) is 90.4 Å². The summed E-state index contributed by atoms with van der Waals surface area (Å²) in [6.45, 7) is 2.17. The van der Waals surface area contributed by atoms with Crippen LogP contribution >= 0.6 is 0 Å². The molecule has 1 unspecified atom stereocenters. The van der Waals surface area contributed by atoms with Crippen molar-refractivity contribution < 1.29 is 14.6 Å². The van der Waals surface area contributed by atoms with Gasteiger partial charge in [-0.15, -0.1) is 0 Å². The fraction of sp³-hybridized carbons (Fsp3) is 0.944. The molecule has 0 saturated heterocycles. The Morgan fingerprint density at radius 1 is 0.857 bits per heavy atom. The Hall–Kier alpha value is -0.570. The molecule has 3 heteroatoms. The Morgan fingerprint density at radius 2 is 1.29 bits per heavy atom. The van der Waals surface area contributed by atoms with Crippen LogP contribution in [0.25, 0.3) is 0 Å². The summed E-state index contributed by atoms with van der Waals surface area (Å²) in [6.07, 6.45) is 16.5. The van der Waals surface area contributed by atoms with Crippen LogP contribution in [-0.4, -0.2) is 24.8 Å². The minimum atomic E-state index is -0.321. The van der Waals surface area contributed by atoms with Crippen molar-refractivity contribution in [3.63, 3.8) is 0 Å². The molecule has 0 spiro atoms. The standard InChI is InChI=1S/C18H36O3/c1-3-4-5-6-7-8-9-10-11-12-13-14-15-17(16-19)18(20)21-2/h17,19H,3-16H2,1-2H3. The van der Waals surface area contributed by atoms with Gasteiger partial charge in [-0.3, -0.25) is 4.79 Å². The van der Waals surface area contributed by atoms with Crippen LogP contribution in [0.4, 0.5) is 0 Å². The third-order valence-electron chi connectivity index (χ3n) is 4.16. The van der Waals surface area contributed by atoms with Gasteiger partial charge >= 0.3 is 5.97 Å². The van der Waals surface area contributed by atoms with E-state index in [-0.39, 0.29) is 18.5 Å². The van der Waals surface area contributed by atoms with E-state index >= 15 is 0 Å². The largest absolute Gasteiger partial charge is 0.469 e. The summed E-state index contributed by atoms with van der Waals surface area (Å²) in [5, 5.41) is 9.10. The van der Waals surface area contributed by atoms with E-state index in [2.05, 4.69) is 11.7 Å². The zero-order chi connectivity index (χ0) is 15.8. The molecule has 0 aromatic rings. The molecule has 0 aliphatic heterocycles. The summed E-state index contributed by atoms with van der Waals surface area (Å²) in [5.41, 5.74) is 0. The monoisotopic (exact) mass is 300 g/mol. The zero-order valence-electron chi connectivity index (χ0n) is 14.2. The number of aliphatic hydroxyl groups excluding tert-OH is 1. The molecule has 0 radical (unpaired) electrons. The molecular weight excluding hydrogens is 264 g/mol. The van der Waals surface area contributed by atoms with E-state index in [0.29, 0.717) is 0 Å². The average molecular weight is 300 g/mol. The van der Waals surface area contributed by atoms with E-state index in [1.807, 2.05) is 0 Å². The highest BCUT2D eigenvalue weighted by Crippen LogP contribution is 2.15. The van der Waals surface area contributed by atoms with Crippen LogP contribution in [0.5, 0.6) is 0 Å². The lowest BCUT2D eigenvalue weighted by molar-refractivity contribution is -0.147. The van der Waals surface area contributed by atoms with Crippen molar-refractivity contribution in [3.05, 3.63) is 0 Å². The van der Waals surface area contributed by atoms with Crippen LogP contribution < -0.4 is 0 Å². The third kappa shape index (κ3) is 12.9. The number of rotatable bonds is 15. The van der Waals surface area contributed by atoms with Gasteiger partial charge in [0, 0.05) is 0 Å². The molecular formula is C18H36O3. The highest BCUT2D eigenvalue weighted by Gasteiger charge is 2.16. The minimum absolute atomic E-state index is 0.0926. The third-order valence-corrected chi connectivity index (χ3v) is 4.16. The topological polar surface area (TPSA) is 46.5 Å². The molecule has 0 rings (SSSR count). The van der Waals surface area contributed by atoms with Crippen molar-refractivity contribution in [2.75, 3.05) is 13.7 Å². The predicted octanol–water partition coefficient (Wildman–Crippen LogP) is 4.86. The summed E-state index contributed by atoms with van der Waals surface area (Å²) in [7, 11) is 1.38. The van der Waals surface area contributed by atoms with E-state index in [1.165, 1.54) is 71.3 Å². The van der Waals surface area contributed by atoms with Crippen molar-refractivity contribution in [3.8, 4) is 0 Å². The molecule has 21 heavy (non-hydrogen) atoms. The molecule has 0 aliphatic carbocycles. The Labute approximate surface area is 131 Å². The number of hydrogen-bond acceptors (Lipinski definition) is 3. The van der Waals surface area contributed by atoms with Gasteiger partial charge < -0.3 is 9.84 Å².